The molecule has 0 radical (unpaired) electrons. The maximum Gasteiger partial charge on any atom is 0.328 e. The van der Waals surface area contributed by atoms with E-state index in [-0.39, 0.29) is 18.4 Å². The highest BCUT2D eigenvalue weighted by atomic mass is 16.5. The first-order chi connectivity index (χ1) is 6.15. The smallest absolute Gasteiger partial charge is 0.328 e. The van der Waals surface area contributed by atoms with Crippen molar-refractivity contribution >= 4 is 11.9 Å². The molecule has 1 unspecified atom stereocenters. The molecule has 2 N–H and O–H groups in total. The average molecular weight is 187 g/mol. The van der Waals surface area contributed by atoms with E-state index in [0.717, 1.165) is 12.8 Å². The third-order valence-corrected chi connectivity index (χ3v) is 1.90. The van der Waals surface area contributed by atoms with Gasteiger partial charge >= 0.3 is 5.97 Å². The topological polar surface area (TPSA) is 75.6 Å². The summed E-state index contributed by atoms with van der Waals surface area (Å²) in [6.45, 7) is 0.00773. The Bertz CT molecular complexity index is 212. The number of hydrogen-bond acceptors (Lipinski definition) is 3. The summed E-state index contributed by atoms with van der Waals surface area (Å²) >= 11 is 0. The molecule has 0 spiro atoms. The Morgan fingerprint density at radius 3 is 2.62 bits per heavy atom. The first-order valence-corrected chi connectivity index (χ1v) is 4.17. The Labute approximate surface area is 76.1 Å². The van der Waals surface area contributed by atoms with Gasteiger partial charge in [-0.15, -0.1) is 0 Å². The zero-order valence-corrected chi connectivity index (χ0v) is 7.45. The Morgan fingerprint density at radius 1 is 1.62 bits per heavy atom. The molecule has 1 aliphatic rings. The number of methoxy groups -OCH3 is 1. The van der Waals surface area contributed by atoms with Gasteiger partial charge in [0.15, 0.2) is 6.04 Å². The Morgan fingerprint density at radius 2 is 2.23 bits per heavy atom. The lowest BCUT2D eigenvalue weighted by Gasteiger charge is -2.12. The molecule has 0 aromatic heterocycles. The van der Waals surface area contributed by atoms with Crippen molar-refractivity contribution in [3.05, 3.63) is 0 Å². The van der Waals surface area contributed by atoms with Crippen LogP contribution in [0.15, 0.2) is 0 Å². The van der Waals surface area contributed by atoms with Gasteiger partial charge < -0.3 is 15.2 Å². The van der Waals surface area contributed by atoms with E-state index in [4.69, 9.17) is 5.11 Å². The van der Waals surface area contributed by atoms with E-state index >= 15 is 0 Å². The van der Waals surface area contributed by atoms with Gasteiger partial charge in [0.2, 0.25) is 5.91 Å². The van der Waals surface area contributed by atoms with Crippen molar-refractivity contribution in [2.45, 2.75) is 18.9 Å². The SMILES string of the molecule is COCC(NC(=O)C1CC1)C(=O)O. The Balaban J connectivity index is 2.36. The van der Waals surface area contributed by atoms with Crippen LogP contribution < -0.4 is 5.32 Å². The first kappa shape index (κ1) is 9.98. The van der Waals surface area contributed by atoms with Crippen molar-refractivity contribution in [1.29, 1.82) is 0 Å². The lowest BCUT2D eigenvalue weighted by atomic mass is 10.3. The molecule has 1 fully saturated rings. The normalized spacial score (nSPS) is 17.9. The number of carboxylic acid groups (broad SMARTS) is 1. The molecule has 1 rings (SSSR count). The van der Waals surface area contributed by atoms with Gasteiger partial charge in [-0.3, -0.25) is 4.79 Å². The molecule has 0 aromatic carbocycles. The van der Waals surface area contributed by atoms with Gasteiger partial charge in [0.05, 0.1) is 6.61 Å². The van der Waals surface area contributed by atoms with Crippen LogP contribution in [0.3, 0.4) is 0 Å². The molecule has 1 amide bonds. The molecule has 5 nitrogen and oxygen atoms in total. The Kier molecular flexibility index (Phi) is 3.25. The number of rotatable bonds is 5. The second-order valence-electron chi connectivity index (χ2n) is 3.13. The molecule has 1 atom stereocenters. The standard InChI is InChI=1S/C8H13NO4/c1-13-4-6(8(11)12)9-7(10)5-2-3-5/h5-6H,2-4H2,1H3,(H,9,10)(H,11,12). The number of amides is 1. The van der Waals surface area contributed by atoms with Crippen LogP contribution in [0.2, 0.25) is 0 Å². The van der Waals surface area contributed by atoms with Crippen LogP contribution in [0.5, 0.6) is 0 Å². The highest BCUT2D eigenvalue weighted by Crippen LogP contribution is 2.28. The molecule has 1 aliphatic carbocycles. The van der Waals surface area contributed by atoms with E-state index in [2.05, 4.69) is 10.1 Å². The fourth-order valence-electron chi connectivity index (χ4n) is 0.976. The van der Waals surface area contributed by atoms with Gasteiger partial charge in [-0.05, 0) is 12.8 Å². The number of nitrogens with one attached hydrogen (secondary N) is 1. The van der Waals surface area contributed by atoms with E-state index in [0.29, 0.717) is 0 Å². The van der Waals surface area contributed by atoms with Crippen LogP contribution in [0.1, 0.15) is 12.8 Å². The lowest BCUT2D eigenvalue weighted by Crippen LogP contribution is -2.44. The summed E-state index contributed by atoms with van der Waals surface area (Å²) in [5.41, 5.74) is 0. The molecule has 0 bridgehead atoms. The van der Waals surface area contributed by atoms with Crippen molar-refractivity contribution in [1.82, 2.24) is 5.32 Å². The molecule has 1 saturated carbocycles. The van der Waals surface area contributed by atoms with Crippen LogP contribution in [0, 0.1) is 5.92 Å². The van der Waals surface area contributed by atoms with E-state index < -0.39 is 12.0 Å². The van der Waals surface area contributed by atoms with Crippen molar-refractivity contribution in [2.75, 3.05) is 13.7 Å². The molecule has 0 saturated heterocycles. The molecule has 0 aliphatic heterocycles. The minimum absolute atomic E-state index is 0.00773. The van der Waals surface area contributed by atoms with Crippen LogP contribution in [-0.4, -0.2) is 36.7 Å². The summed E-state index contributed by atoms with van der Waals surface area (Å²) in [4.78, 5) is 21.7. The van der Waals surface area contributed by atoms with Gasteiger partial charge in [-0.1, -0.05) is 0 Å². The largest absolute Gasteiger partial charge is 0.480 e. The number of hydrogen-bond donors (Lipinski definition) is 2. The number of ether oxygens (including phenoxy) is 1. The highest BCUT2D eigenvalue weighted by Gasteiger charge is 2.32. The maximum atomic E-state index is 11.2. The van der Waals surface area contributed by atoms with E-state index in [1.165, 1.54) is 7.11 Å². The molecule has 5 heteroatoms. The van der Waals surface area contributed by atoms with Gasteiger partial charge in [0.25, 0.3) is 0 Å². The van der Waals surface area contributed by atoms with Crippen molar-refractivity contribution in [3.8, 4) is 0 Å². The summed E-state index contributed by atoms with van der Waals surface area (Å²) in [6, 6.07) is -0.918. The van der Waals surface area contributed by atoms with Gasteiger partial charge in [0, 0.05) is 13.0 Å². The number of carbonyl (C=O) groups excluding carboxylic acids is 1. The minimum atomic E-state index is -1.06. The summed E-state index contributed by atoms with van der Waals surface area (Å²) in [5.74, 6) is -1.21. The number of aliphatic carboxylic acids is 1. The fraction of sp³-hybridized carbons (Fsp3) is 0.750. The van der Waals surface area contributed by atoms with Crippen LogP contribution in [-0.2, 0) is 14.3 Å². The van der Waals surface area contributed by atoms with Crippen molar-refractivity contribution in [2.24, 2.45) is 5.92 Å². The minimum Gasteiger partial charge on any atom is -0.480 e. The fourth-order valence-corrected chi connectivity index (χ4v) is 0.976. The molecule has 0 heterocycles. The molecular formula is C8H13NO4. The van der Waals surface area contributed by atoms with E-state index in [1.54, 1.807) is 0 Å². The summed E-state index contributed by atoms with van der Waals surface area (Å²) < 4.78 is 4.67. The summed E-state index contributed by atoms with van der Waals surface area (Å²) in [5, 5.41) is 11.1. The predicted octanol–water partition coefficient (Wildman–Crippen LogP) is -0.388. The van der Waals surface area contributed by atoms with E-state index in [9.17, 15) is 9.59 Å². The van der Waals surface area contributed by atoms with Crippen LogP contribution in [0.4, 0.5) is 0 Å². The second-order valence-corrected chi connectivity index (χ2v) is 3.13. The molecule has 0 aromatic rings. The Hall–Kier alpha value is -1.10. The molecule has 13 heavy (non-hydrogen) atoms. The summed E-state index contributed by atoms with van der Waals surface area (Å²) in [7, 11) is 1.40. The average Bonchev–Trinajstić information content (AvgIpc) is 2.85. The summed E-state index contributed by atoms with van der Waals surface area (Å²) in [6.07, 6.45) is 1.73. The predicted molar refractivity (Wildman–Crippen MR) is 44.2 cm³/mol. The van der Waals surface area contributed by atoms with Gasteiger partial charge in [-0.2, -0.15) is 0 Å². The van der Waals surface area contributed by atoms with Crippen molar-refractivity contribution in [3.63, 3.8) is 0 Å². The second kappa shape index (κ2) is 4.23. The third-order valence-electron chi connectivity index (χ3n) is 1.90. The molecule has 74 valence electrons. The monoisotopic (exact) mass is 187 g/mol. The maximum absolute atomic E-state index is 11.2. The van der Waals surface area contributed by atoms with Crippen LogP contribution in [0.25, 0.3) is 0 Å². The van der Waals surface area contributed by atoms with Crippen molar-refractivity contribution < 1.29 is 19.4 Å². The lowest BCUT2D eigenvalue weighted by molar-refractivity contribution is -0.143. The number of carbonyl (C=O) groups is 2. The zero-order chi connectivity index (χ0) is 9.84. The molecular weight excluding hydrogens is 174 g/mol. The van der Waals surface area contributed by atoms with Gasteiger partial charge in [-0.25, -0.2) is 4.79 Å². The quantitative estimate of drug-likeness (QED) is 0.614. The van der Waals surface area contributed by atoms with E-state index in [1.807, 2.05) is 0 Å². The third kappa shape index (κ3) is 3.02. The van der Waals surface area contributed by atoms with Gasteiger partial charge in [0.1, 0.15) is 0 Å². The number of carboxylic acids is 1. The van der Waals surface area contributed by atoms with Crippen LogP contribution >= 0.6 is 0 Å². The zero-order valence-electron chi connectivity index (χ0n) is 7.45. The highest BCUT2D eigenvalue weighted by molar-refractivity contribution is 5.86. The first-order valence-electron chi connectivity index (χ1n) is 4.17.